The number of rotatable bonds is 7. The number of benzene rings is 2. The van der Waals surface area contributed by atoms with E-state index in [9.17, 15) is 4.79 Å². The number of hydrogen-bond donors (Lipinski definition) is 1. The Kier molecular flexibility index (Phi) is 6.76. The second-order valence-corrected chi connectivity index (χ2v) is 6.95. The van der Waals surface area contributed by atoms with Crippen LogP contribution in [0, 0.1) is 11.5 Å². The first kappa shape index (κ1) is 20.3. The summed E-state index contributed by atoms with van der Waals surface area (Å²) in [5.41, 5.74) is 1.87. The van der Waals surface area contributed by atoms with E-state index in [1.54, 1.807) is 38.6 Å². The van der Waals surface area contributed by atoms with Gasteiger partial charge in [0.1, 0.15) is 0 Å². The van der Waals surface area contributed by atoms with Crippen molar-refractivity contribution >= 4 is 28.9 Å². The minimum absolute atomic E-state index is 0.253. The lowest BCUT2D eigenvalue weighted by Gasteiger charge is -2.15. The van der Waals surface area contributed by atoms with Crippen molar-refractivity contribution in [2.75, 3.05) is 20.8 Å². The van der Waals surface area contributed by atoms with E-state index >= 15 is 0 Å². The van der Waals surface area contributed by atoms with Crippen LogP contribution in [-0.2, 0) is 11.2 Å². The van der Waals surface area contributed by atoms with E-state index in [1.165, 1.54) is 5.56 Å². The first-order chi connectivity index (χ1) is 14.1. The van der Waals surface area contributed by atoms with E-state index in [0.29, 0.717) is 34.3 Å². The molecule has 0 aromatic heterocycles. The lowest BCUT2D eigenvalue weighted by atomic mass is 10.1. The molecule has 0 aliphatic carbocycles. The molecule has 7 nitrogen and oxygen atoms in total. The highest BCUT2D eigenvalue weighted by Gasteiger charge is 2.24. The van der Waals surface area contributed by atoms with Crippen LogP contribution < -0.4 is 19.5 Å². The van der Waals surface area contributed by atoms with Crippen molar-refractivity contribution in [3.63, 3.8) is 0 Å². The molecule has 2 aromatic carbocycles. The number of nitriles is 1. The van der Waals surface area contributed by atoms with E-state index in [4.69, 9.17) is 19.5 Å². The van der Waals surface area contributed by atoms with Crippen molar-refractivity contribution in [2.45, 2.75) is 6.42 Å². The van der Waals surface area contributed by atoms with Crippen molar-refractivity contribution in [3.8, 4) is 23.4 Å². The predicted molar refractivity (Wildman–Crippen MR) is 112 cm³/mol. The van der Waals surface area contributed by atoms with Crippen LogP contribution in [0.25, 0.3) is 6.08 Å². The Morgan fingerprint density at radius 1 is 1.17 bits per heavy atom. The number of carbonyl (C=O) groups is 1. The number of aliphatic imine (C=N–C) groups is 1. The maximum absolute atomic E-state index is 12.0. The number of thioether (sulfide) groups is 1. The Bertz CT molecular complexity index is 972. The van der Waals surface area contributed by atoms with Crippen molar-refractivity contribution in [3.05, 3.63) is 58.5 Å². The number of carbonyl (C=O) groups excluding carboxylic acids is 1. The summed E-state index contributed by atoms with van der Waals surface area (Å²) in [6, 6.07) is 13.6. The van der Waals surface area contributed by atoms with Crippen LogP contribution in [0.1, 0.15) is 11.1 Å². The van der Waals surface area contributed by atoms with Gasteiger partial charge < -0.3 is 14.2 Å². The molecule has 0 atom stereocenters. The molecule has 148 valence electrons. The molecule has 1 aliphatic rings. The van der Waals surface area contributed by atoms with Gasteiger partial charge in [0.2, 0.25) is 11.9 Å². The smallest absolute Gasteiger partial charge is 0.264 e. The van der Waals surface area contributed by atoms with E-state index in [2.05, 4.69) is 10.3 Å². The lowest BCUT2D eigenvalue weighted by molar-refractivity contribution is -0.115. The minimum atomic E-state index is -0.315. The second kappa shape index (κ2) is 9.66. The third kappa shape index (κ3) is 5.09. The zero-order valence-electron chi connectivity index (χ0n) is 16.0. The molecule has 1 heterocycles. The summed E-state index contributed by atoms with van der Waals surface area (Å²) in [7, 11) is 3.09. The van der Waals surface area contributed by atoms with Gasteiger partial charge in [-0.05, 0) is 41.1 Å². The zero-order chi connectivity index (χ0) is 20.6. The van der Waals surface area contributed by atoms with Crippen molar-refractivity contribution < 1.29 is 19.0 Å². The van der Waals surface area contributed by atoms with E-state index < -0.39 is 0 Å². The largest absolute Gasteiger partial charge is 0.493 e. The topological polar surface area (TPSA) is 92.9 Å². The Morgan fingerprint density at radius 3 is 2.48 bits per heavy atom. The van der Waals surface area contributed by atoms with Gasteiger partial charge in [-0.3, -0.25) is 10.1 Å². The minimum Gasteiger partial charge on any atom is -0.493 e. The number of amidine groups is 1. The zero-order valence-corrected chi connectivity index (χ0v) is 16.8. The van der Waals surface area contributed by atoms with Crippen LogP contribution in [0.2, 0.25) is 0 Å². The van der Waals surface area contributed by atoms with E-state index in [0.717, 1.165) is 18.2 Å². The highest BCUT2D eigenvalue weighted by molar-refractivity contribution is 8.18. The van der Waals surface area contributed by atoms with Gasteiger partial charge in [-0.2, -0.15) is 5.26 Å². The molecule has 0 saturated carbocycles. The summed E-state index contributed by atoms with van der Waals surface area (Å²) < 4.78 is 16.9. The molecule has 0 spiro atoms. The standard InChI is InChI=1S/C21H19N3O4S/c1-26-16-10-15(12-18-20(25)24-21(29-18)23-13-22)11-17(27-2)19(16)28-9-8-14-6-4-3-5-7-14/h3-7,10-12H,8-9H2,1-2H3,(H,23,24,25). The number of nitrogens with one attached hydrogen (secondary N) is 1. The number of ether oxygens (including phenoxy) is 3. The van der Waals surface area contributed by atoms with Gasteiger partial charge in [-0.25, -0.2) is 0 Å². The first-order valence-electron chi connectivity index (χ1n) is 8.75. The molecular weight excluding hydrogens is 390 g/mol. The number of nitrogens with zero attached hydrogens (tertiary/aromatic N) is 2. The molecule has 8 heteroatoms. The van der Waals surface area contributed by atoms with Gasteiger partial charge in [0, 0.05) is 6.42 Å². The van der Waals surface area contributed by atoms with Crippen LogP contribution in [0.4, 0.5) is 0 Å². The van der Waals surface area contributed by atoms with Crippen molar-refractivity contribution in [1.29, 1.82) is 5.26 Å². The van der Waals surface area contributed by atoms with Crippen molar-refractivity contribution in [2.24, 2.45) is 4.99 Å². The monoisotopic (exact) mass is 409 g/mol. The molecule has 0 unspecified atom stereocenters. The van der Waals surface area contributed by atoms with Gasteiger partial charge >= 0.3 is 0 Å². The maximum atomic E-state index is 12.0. The lowest BCUT2D eigenvalue weighted by Crippen LogP contribution is -2.19. The fourth-order valence-corrected chi connectivity index (χ4v) is 3.50. The van der Waals surface area contributed by atoms with Crippen LogP contribution in [0.15, 0.2) is 52.4 Å². The van der Waals surface area contributed by atoms with E-state index in [1.807, 2.05) is 30.3 Å². The predicted octanol–water partition coefficient (Wildman–Crippen LogP) is 3.37. The average molecular weight is 409 g/mol. The SMILES string of the molecule is COc1cc(C=C2SC(=NC#N)NC2=O)cc(OC)c1OCCc1ccccc1. The summed E-state index contributed by atoms with van der Waals surface area (Å²) >= 11 is 1.10. The number of methoxy groups -OCH3 is 2. The molecule has 1 amide bonds. The highest BCUT2D eigenvalue weighted by Crippen LogP contribution is 2.40. The second-order valence-electron chi connectivity index (χ2n) is 5.92. The van der Waals surface area contributed by atoms with Gasteiger partial charge in [0.25, 0.3) is 5.91 Å². The Balaban J connectivity index is 1.81. The van der Waals surface area contributed by atoms with Crippen molar-refractivity contribution in [1.82, 2.24) is 5.32 Å². The van der Waals surface area contributed by atoms with E-state index in [-0.39, 0.29) is 11.1 Å². The fourth-order valence-electron chi connectivity index (χ4n) is 2.72. The van der Waals surface area contributed by atoms with Crippen LogP contribution in [0.5, 0.6) is 17.2 Å². The quantitative estimate of drug-likeness (QED) is 0.557. The summed E-state index contributed by atoms with van der Waals surface area (Å²) in [5, 5.41) is 11.4. The third-order valence-corrected chi connectivity index (χ3v) is 4.97. The normalized spacial score (nSPS) is 15.8. The van der Waals surface area contributed by atoms with Gasteiger partial charge in [0.15, 0.2) is 16.7 Å². The summed E-state index contributed by atoms with van der Waals surface area (Å²) in [4.78, 5) is 16.0. The Labute approximate surface area is 173 Å². The fraction of sp³-hybridized carbons (Fsp3) is 0.190. The van der Waals surface area contributed by atoms with Crippen LogP contribution >= 0.6 is 11.8 Å². The molecule has 1 N–H and O–H groups in total. The van der Waals surface area contributed by atoms with Crippen LogP contribution in [0.3, 0.4) is 0 Å². The Hall–Kier alpha value is -3.44. The summed E-state index contributed by atoms with van der Waals surface area (Å²) in [6.07, 6.45) is 4.08. The maximum Gasteiger partial charge on any atom is 0.264 e. The summed E-state index contributed by atoms with van der Waals surface area (Å²) in [6.45, 7) is 0.462. The number of amides is 1. The molecule has 1 saturated heterocycles. The third-order valence-electron chi connectivity index (χ3n) is 4.06. The first-order valence-corrected chi connectivity index (χ1v) is 9.56. The summed E-state index contributed by atoms with van der Waals surface area (Å²) in [5.74, 6) is 1.19. The molecule has 29 heavy (non-hydrogen) atoms. The molecule has 2 aromatic rings. The molecule has 0 bridgehead atoms. The number of hydrogen-bond acceptors (Lipinski definition) is 7. The molecule has 3 rings (SSSR count). The van der Waals surface area contributed by atoms with Gasteiger partial charge in [-0.15, -0.1) is 4.99 Å². The van der Waals surface area contributed by atoms with Gasteiger partial charge in [-0.1, -0.05) is 30.3 Å². The highest BCUT2D eigenvalue weighted by atomic mass is 32.2. The Morgan fingerprint density at radius 2 is 1.86 bits per heavy atom. The van der Waals surface area contributed by atoms with Crippen LogP contribution in [-0.4, -0.2) is 31.9 Å². The molecular formula is C21H19N3O4S. The molecule has 0 radical (unpaired) electrons. The van der Waals surface area contributed by atoms with Gasteiger partial charge in [0.05, 0.1) is 25.7 Å². The molecule has 1 aliphatic heterocycles. The molecule has 1 fully saturated rings. The average Bonchev–Trinajstić information content (AvgIpc) is 3.08.